The molecule has 1 aromatic rings. The van der Waals surface area contributed by atoms with Gasteiger partial charge in [0.2, 0.25) is 5.91 Å². The van der Waals surface area contributed by atoms with Crippen LogP contribution in [0.5, 0.6) is 0 Å². The minimum Gasteiger partial charge on any atom is -0.395 e. The van der Waals surface area contributed by atoms with Gasteiger partial charge in [0, 0.05) is 19.3 Å². The van der Waals surface area contributed by atoms with Crippen LogP contribution in [0.2, 0.25) is 0 Å². The highest BCUT2D eigenvalue weighted by Gasteiger charge is 2.28. The van der Waals surface area contributed by atoms with Crippen LogP contribution in [0.15, 0.2) is 17.0 Å². The van der Waals surface area contributed by atoms with E-state index in [1.165, 1.54) is 6.33 Å². The maximum absolute atomic E-state index is 12.1. The lowest BCUT2D eigenvalue weighted by Gasteiger charge is -2.32. The van der Waals surface area contributed by atoms with Crippen LogP contribution < -0.4 is 5.32 Å². The van der Waals surface area contributed by atoms with E-state index in [0.717, 1.165) is 17.3 Å². The Morgan fingerprint density at radius 2 is 2.44 bits per heavy atom. The number of nitrogens with zero attached hydrogens (tertiary/aromatic N) is 3. The third kappa shape index (κ3) is 2.97. The zero-order chi connectivity index (χ0) is 13.0. The Morgan fingerprint density at radius 1 is 1.61 bits per heavy atom. The smallest absolute Gasteiger partial charge is 0.245 e. The van der Waals surface area contributed by atoms with Gasteiger partial charge in [0.15, 0.2) is 0 Å². The molecule has 0 aliphatic carbocycles. The third-order valence-electron chi connectivity index (χ3n) is 2.88. The lowest BCUT2D eigenvalue weighted by atomic mass is 10.0. The molecule has 7 heteroatoms. The number of rotatable bonds is 4. The highest BCUT2D eigenvalue weighted by atomic mass is 79.9. The van der Waals surface area contributed by atoms with Gasteiger partial charge in [-0.25, -0.2) is 9.97 Å². The van der Waals surface area contributed by atoms with Crippen molar-refractivity contribution in [3.63, 3.8) is 0 Å². The molecule has 2 heterocycles. The lowest BCUT2D eigenvalue weighted by Crippen LogP contribution is -2.48. The van der Waals surface area contributed by atoms with Crippen LogP contribution in [0.1, 0.15) is 12.8 Å². The minimum absolute atomic E-state index is 0.00430. The molecule has 1 atom stereocenters. The topological polar surface area (TPSA) is 78.4 Å². The Bertz CT molecular complexity index is 427. The number of aliphatic hydroxyl groups excluding tert-OH is 1. The zero-order valence-corrected chi connectivity index (χ0v) is 11.4. The number of hydrogen-bond donors (Lipinski definition) is 2. The highest BCUT2D eigenvalue weighted by molar-refractivity contribution is 9.10. The Labute approximate surface area is 114 Å². The number of likely N-dealkylation sites (tertiary alicyclic amines) is 1. The minimum atomic E-state index is -0.281. The molecular weight excluding hydrogens is 300 g/mol. The van der Waals surface area contributed by atoms with Crippen molar-refractivity contribution < 1.29 is 9.90 Å². The van der Waals surface area contributed by atoms with Crippen molar-refractivity contribution >= 4 is 27.7 Å². The van der Waals surface area contributed by atoms with Crippen LogP contribution in [0.4, 0.5) is 5.82 Å². The van der Waals surface area contributed by atoms with Crippen LogP contribution in [0.25, 0.3) is 0 Å². The second kappa shape index (κ2) is 6.10. The Kier molecular flexibility index (Phi) is 4.48. The summed E-state index contributed by atoms with van der Waals surface area (Å²) in [6, 6.07) is -0.281. The quantitative estimate of drug-likeness (QED) is 0.852. The average Bonchev–Trinajstić information content (AvgIpc) is 2.37. The fourth-order valence-corrected chi connectivity index (χ4v) is 2.34. The van der Waals surface area contributed by atoms with E-state index >= 15 is 0 Å². The maximum atomic E-state index is 12.1. The van der Waals surface area contributed by atoms with E-state index in [0.29, 0.717) is 18.9 Å². The molecule has 0 unspecified atom stereocenters. The summed E-state index contributed by atoms with van der Waals surface area (Å²) in [5.74, 6) is 0.634. The first kappa shape index (κ1) is 13.2. The van der Waals surface area contributed by atoms with E-state index in [1.807, 2.05) is 0 Å². The molecular formula is C11H15BrN4O2. The lowest BCUT2D eigenvalue weighted by molar-refractivity contribution is -0.134. The molecule has 1 aliphatic rings. The van der Waals surface area contributed by atoms with Gasteiger partial charge in [0.1, 0.15) is 18.2 Å². The average molecular weight is 315 g/mol. The second-order valence-corrected chi connectivity index (χ2v) is 4.96. The first-order valence-electron chi connectivity index (χ1n) is 5.84. The predicted molar refractivity (Wildman–Crippen MR) is 70.0 cm³/mol. The number of aromatic nitrogens is 2. The number of anilines is 1. The van der Waals surface area contributed by atoms with Crippen LogP contribution >= 0.6 is 15.9 Å². The van der Waals surface area contributed by atoms with Crippen LogP contribution in [0, 0.1) is 0 Å². The number of carbonyl (C=O) groups excluding carboxylic acids is 1. The van der Waals surface area contributed by atoms with Gasteiger partial charge >= 0.3 is 0 Å². The van der Waals surface area contributed by atoms with Crippen molar-refractivity contribution in [2.24, 2.45) is 0 Å². The molecule has 1 amide bonds. The summed E-state index contributed by atoms with van der Waals surface area (Å²) in [5, 5.41) is 12.0. The predicted octanol–water partition coefficient (Wildman–Crippen LogP) is 0.634. The van der Waals surface area contributed by atoms with Crippen LogP contribution in [-0.4, -0.2) is 51.6 Å². The molecule has 0 spiro atoms. The van der Waals surface area contributed by atoms with Crippen molar-refractivity contribution in [1.29, 1.82) is 0 Å². The van der Waals surface area contributed by atoms with Crippen molar-refractivity contribution in [2.75, 3.05) is 25.0 Å². The summed E-state index contributed by atoms with van der Waals surface area (Å²) in [7, 11) is 0. The standard InChI is InChI=1S/C11H15BrN4O2/c12-8-6-13-7-14-10(8)15-9-2-1-3-16(4-5-17)11(9)18/h6-7,9,17H,1-5H2,(H,13,14,15)/t9-/m0/s1. The van der Waals surface area contributed by atoms with Crippen molar-refractivity contribution in [2.45, 2.75) is 18.9 Å². The molecule has 1 aliphatic heterocycles. The number of aliphatic hydroxyl groups is 1. The van der Waals surface area contributed by atoms with Crippen molar-refractivity contribution in [3.05, 3.63) is 17.0 Å². The van der Waals surface area contributed by atoms with E-state index in [9.17, 15) is 4.79 Å². The summed E-state index contributed by atoms with van der Waals surface area (Å²) in [4.78, 5) is 21.8. The van der Waals surface area contributed by atoms with E-state index in [4.69, 9.17) is 5.11 Å². The molecule has 98 valence electrons. The molecule has 1 fully saturated rings. The Hall–Kier alpha value is -1.21. The van der Waals surface area contributed by atoms with Gasteiger partial charge < -0.3 is 15.3 Å². The molecule has 18 heavy (non-hydrogen) atoms. The first-order valence-corrected chi connectivity index (χ1v) is 6.63. The molecule has 1 aromatic heterocycles. The summed E-state index contributed by atoms with van der Waals surface area (Å²) in [5.41, 5.74) is 0. The Morgan fingerprint density at radius 3 is 3.17 bits per heavy atom. The summed E-state index contributed by atoms with van der Waals surface area (Å²) in [6.45, 7) is 1.10. The number of halogens is 1. The second-order valence-electron chi connectivity index (χ2n) is 4.11. The fraction of sp³-hybridized carbons (Fsp3) is 0.545. The zero-order valence-electron chi connectivity index (χ0n) is 9.84. The van der Waals surface area contributed by atoms with E-state index < -0.39 is 0 Å². The normalized spacial score (nSPS) is 20.0. The number of nitrogens with one attached hydrogen (secondary N) is 1. The monoisotopic (exact) mass is 314 g/mol. The number of carbonyl (C=O) groups is 1. The van der Waals surface area contributed by atoms with E-state index in [2.05, 4.69) is 31.2 Å². The van der Waals surface area contributed by atoms with Gasteiger partial charge in [0.05, 0.1) is 11.1 Å². The van der Waals surface area contributed by atoms with E-state index in [1.54, 1.807) is 11.1 Å². The number of amides is 1. The van der Waals surface area contributed by atoms with Gasteiger partial charge in [-0.15, -0.1) is 0 Å². The SMILES string of the molecule is O=C1[C@@H](Nc2ncncc2Br)CCCN1CCO. The maximum Gasteiger partial charge on any atom is 0.245 e. The Balaban J connectivity index is 2.05. The van der Waals surface area contributed by atoms with Gasteiger partial charge in [-0.05, 0) is 28.8 Å². The number of hydrogen-bond acceptors (Lipinski definition) is 5. The largest absolute Gasteiger partial charge is 0.395 e. The van der Waals surface area contributed by atoms with Gasteiger partial charge in [0.25, 0.3) is 0 Å². The summed E-state index contributed by atoms with van der Waals surface area (Å²) in [6.07, 6.45) is 4.77. The van der Waals surface area contributed by atoms with Gasteiger partial charge in [-0.3, -0.25) is 4.79 Å². The molecule has 2 N–H and O–H groups in total. The molecule has 0 aromatic carbocycles. The van der Waals surface area contributed by atoms with Crippen molar-refractivity contribution in [1.82, 2.24) is 14.9 Å². The fourth-order valence-electron chi connectivity index (χ4n) is 2.00. The van der Waals surface area contributed by atoms with Crippen molar-refractivity contribution in [3.8, 4) is 0 Å². The van der Waals surface area contributed by atoms with E-state index in [-0.39, 0.29) is 18.6 Å². The number of β-amino-alcohol motifs (C(OH)–C–C–N with tert-alkyl or cyclic N) is 1. The summed E-state index contributed by atoms with van der Waals surface area (Å²) >= 11 is 3.34. The molecule has 6 nitrogen and oxygen atoms in total. The van der Waals surface area contributed by atoms with Gasteiger partial charge in [-0.1, -0.05) is 0 Å². The molecule has 0 bridgehead atoms. The van der Waals surface area contributed by atoms with Gasteiger partial charge in [-0.2, -0.15) is 0 Å². The molecule has 0 saturated carbocycles. The third-order valence-corrected chi connectivity index (χ3v) is 3.46. The summed E-state index contributed by atoms with van der Waals surface area (Å²) < 4.78 is 0.733. The molecule has 1 saturated heterocycles. The van der Waals surface area contributed by atoms with Crippen LogP contribution in [-0.2, 0) is 4.79 Å². The molecule has 0 radical (unpaired) electrons. The number of piperidine rings is 1. The van der Waals surface area contributed by atoms with Crippen LogP contribution in [0.3, 0.4) is 0 Å². The first-order chi connectivity index (χ1) is 8.72. The molecule has 2 rings (SSSR count). The highest BCUT2D eigenvalue weighted by Crippen LogP contribution is 2.21.